The Morgan fingerprint density at radius 1 is 1.43 bits per heavy atom. The lowest BCUT2D eigenvalue weighted by Gasteiger charge is -2.16. The Kier molecular flexibility index (Phi) is 4.61. The van der Waals surface area contributed by atoms with Gasteiger partial charge in [0.1, 0.15) is 0 Å². The molecule has 1 atom stereocenters. The molecule has 2 aromatic rings. The van der Waals surface area contributed by atoms with Gasteiger partial charge in [0, 0.05) is 43.5 Å². The molecule has 23 heavy (non-hydrogen) atoms. The number of rotatable bonds is 4. The van der Waals surface area contributed by atoms with E-state index in [-0.39, 0.29) is 5.91 Å². The number of nitrogens with one attached hydrogen (secondary N) is 1. The predicted octanol–water partition coefficient (Wildman–Crippen LogP) is 2.98. The van der Waals surface area contributed by atoms with E-state index in [1.54, 1.807) is 35.7 Å². The fourth-order valence-corrected chi connectivity index (χ4v) is 4.11. The van der Waals surface area contributed by atoms with Crippen LogP contribution in [0.15, 0.2) is 18.5 Å². The van der Waals surface area contributed by atoms with Crippen LogP contribution in [0.4, 0.5) is 5.95 Å². The Morgan fingerprint density at radius 2 is 2.17 bits per heavy atom. The van der Waals surface area contributed by atoms with Crippen molar-refractivity contribution in [3.63, 3.8) is 0 Å². The molecule has 0 fully saturated rings. The van der Waals surface area contributed by atoms with Crippen LogP contribution < -0.4 is 5.32 Å². The summed E-state index contributed by atoms with van der Waals surface area (Å²) >= 11 is 1.66. The average Bonchev–Trinajstić information content (AvgIpc) is 2.97. The van der Waals surface area contributed by atoms with Crippen molar-refractivity contribution in [2.45, 2.75) is 32.7 Å². The SMILES string of the molecule is CNc1ncc(CN(C)C(=O)c2cc3c(s2)CC[C@@H](C)C3)cn1. The summed E-state index contributed by atoms with van der Waals surface area (Å²) in [6, 6.07) is 2.09. The molecule has 122 valence electrons. The first-order valence-corrected chi connectivity index (χ1v) is 8.74. The van der Waals surface area contributed by atoms with E-state index in [1.165, 1.54) is 16.9 Å². The predicted molar refractivity (Wildman–Crippen MR) is 92.9 cm³/mol. The number of thiophene rings is 1. The van der Waals surface area contributed by atoms with Crippen molar-refractivity contribution >= 4 is 23.2 Å². The zero-order chi connectivity index (χ0) is 16.4. The number of anilines is 1. The Balaban J connectivity index is 1.69. The first kappa shape index (κ1) is 15.9. The molecule has 0 saturated carbocycles. The molecular formula is C17H22N4OS. The van der Waals surface area contributed by atoms with E-state index >= 15 is 0 Å². The maximum absolute atomic E-state index is 12.7. The van der Waals surface area contributed by atoms with E-state index in [0.29, 0.717) is 12.5 Å². The van der Waals surface area contributed by atoms with Crippen molar-refractivity contribution in [1.29, 1.82) is 0 Å². The smallest absolute Gasteiger partial charge is 0.263 e. The summed E-state index contributed by atoms with van der Waals surface area (Å²) in [6.07, 6.45) is 6.94. The summed E-state index contributed by atoms with van der Waals surface area (Å²) < 4.78 is 0. The standard InChI is InChI=1S/C17H22N4OS/c1-11-4-5-14-13(6-11)7-15(23-14)16(22)21(3)10-12-8-19-17(18-2)20-9-12/h7-9,11H,4-6,10H2,1-3H3,(H,18,19,20)/t11-/m1/s1. The first-order valence-electron chi connectivity index (χ1n) is 7.92. The van der Waals surface area contributed by atoms with Gasteiger partial charge >= 0.3 is 0 Å². The normalized spacial score (nSPS) is 16.7. The van der Waals surface area contributed by atoms with Crippen molar-refractivity contribution in [3.05, 3.63) is 39.3 Å². The third kappa shape index (κ3) is 3.52. The highest BCUT2D eigenvalue weighted by molar-refractivity contribution is 7.14. The summed E-state index contributed by atoms with van der Waals surface area (Å²) in [6.45, 7) is 2.80. The van der Waals surface area contributed by atoms with Crippen molar-refractivity contribution in [2.24, 2.45) is 5.92 Å². The highest BCUT2D eigenvalue weighted by atomic mass is 32.1. The van der Waals surface area contributed by atoms with Crippen molar-refractivity contribution in [1.82, 2.24) is 14.9 Å². The Morgan fingerprint density at radius 3 is 2.87 bits per heavy atom. The molecule has 0 spiro atoms. The Hall–Kier alpha value is -1.95. The van der Waals surface area contributed by atoms with E-state index in [1.807, 2.05) is 7.05 Å². The number of carbonyl (C=O) groups excluding carboxylic acids is 1. The summed E-state index contributed by atoms with van der Waals surface area (Å²) in [7, 11) is 3.61. The quantitative estimate of drug-likeness (QED) is 0.936. The van der Waals surface area contributed by atoms with E-state index in [4.69, 9.17) is 0 Å². The molecule has 1 N–H and O–H groups in total. The van der Waals surface area contributed by atoms with Crippen LogP contribution in [-0.2, 0) is 19.4 Å². The molecule has 1 aliphatic carbocycles. The Bertz CT molecular complexity index is 695. The first-order chi connectivity index (χ1) is 11.1. The van der Waals surface area contributed by atoms with E-state index < -0.39 is 0 Å². The van der Waals surface area contributed by atoms with Crippen molar-refractivity contribution in [2.75, 3.05) is 19.4 Å². The van der Waals surface area contributed by atoms with Crippen LogP contribution in [0.2, 0.25) is 0 Å². The van der Waals surface area contributed by atoms with E-state index in [9.17, 15) is 4.79 Å². The monoisotopic (exact) mass is 330 g/mol. The second kappa shape index (κ2) is 6.66. The summed E-state index contributed by atoms with van der Waals surface area (Å²) in [5.41, 5.74) is 2.29. The molecule has 3 rings (SSSR count). The van der Waals surface area contributed by atoms with Crippen LogP contribution in [0, 0.1) is 5.92 Å². The van der Waals surface area contributed by atoms with Gasteiger partial charge in [-0.05, 0) is 36.8 Å². The molecule has 2 heterocycles. The molecule has 1 amide bonds. The van der Waals surface area contributed by atoms with Gasteiger partial charge in [-0.2, -0.15) is 0 Å². The average molecular weight is 330 g/mol. The van der Waals surface area contributed by atoms with Gasteiger partial charge in [0.05, 0.1) is 4.88 Å². The van der Waals surface area contributed by atoms with Gasteiger partial charge < -0.3 is 10.2 Å². The molecule has 0 aliphatic heterocycles. The minimum Gasteiger partial charge on any atom is -0.357 e. The molecule has 1 aliphatic rings. The second-order valence-corrected chi connectivity index (χ2v) is 7.37. The summed E-state index contributed by atoms with van der Waals surface area (Å²) in [5, 5.41) is 2.89. The lowest BCUT2D eigenvalue weighted by atomic mass is 9.90. The zero-order valence-corrected chi connectivity index (χ0v) is 14.6. The maximum atomic E-state index is 12.7. The molecule has 6 heteroatoms. The second-order valence-electron chi connectivity index (χ2n) is 6.23. The largest absolute Gasteiger partial charge is 0.357 e. The maximum Gasteiger partial charge on any atom is 0.263 e. The van der Waals surface area contributed by atoms with Gasteiger partial charge in [-0.15, -0.1) is 11.3 Å². The number of fused-ring (bicyclic) bond motifs is 1. The lowest BCUT2D eigenvalue weighted by Crippen LogP contribution is -2.25. The summed E-state index contributed by atoms with van der Waals surface area (Å²) in [5.74, 6) is 1.39. The minimum atomic E-state index is 0.0785. The molecule has 0 radical (unpaired) electrons. The van der Waals surface area contributed by atoms with Crippen LogP contribution in [-0.4, -0.2) is 34.9 Å². The number of hydrogen-bond donors (Lipinski definition) is 1. The fourth-order valence-electron chi connectivity index (χ4n) is 2.91. The number of hydrogen-bond acceptors (Lipinski definition) is 5. The zero-order valence-electron chi connectivity index (χ0n) is 13.8. The molecule has 0 unspecified atom stereocenters. The van der Waals surface area contributed by atoms with Crippen LogP contribution in [0.1, 0.15) is 39.0 Å². The molecule has 0 aromatic carbocycles. The highest BCUT2D eigenvalue weighted by Gasteiger charge is 2.22. The van der Waals surface area contributed by atoms with E-state index in [2.05, 4.69) is 28.3 Å². The van der Waals surface area contributed by atoms with Gasteiger partial charge in [-0.3, -0.25) is 4.79 Å². The van der Waals surface area contributed by atoms with Gasteiger partial charge in [-0.1, -0.05) is 6.92 Å². The van der Waals surface area contributed by atoms with E-state index in [0.717, 1.165) is 29.2 Å². The molecule has 0 bridgehead atoms. The van der Waals surface area contributed by atoms with Crippen LogP contribution in [0.3, 0.4) is 0 Å². The molecule has 5 nitrogen and oxygen atoms in total. The molecule has 0 saturated heterocycles. The summed E-state index contributed by atoms with van der Waals surface area (Å²) in [4.78, 5) is 25.0. The Labute approximate surface area is 140 Å². The topological polar surface area (TPSA) is 58.1 Å². The highest BCUT2D eigenvalue weighted by Crippen LogP contribution is 2.32. The van der Waals surface area contributed by atoms with Gasteiger partial charge in [0.2, 0.25) is 5.95 Å². The van der Waals surface area contributed by atoms with Crippen molar-refractivity contribution in [3.8, 4) is 0 Å². The minimum absolute atomic E-state index is 0.0785. The van der Waals surface area contributed by atoms with Crippen LogP contribution >= 0.6 is 11.3 Å². The van der Waals surface area contributed by atoms with Crippen LogP contribution in [0.5, 0.6) is 0 Å². The number of aryl methyl sites for hydroxylation is 1. The van der Waals surface area contributed by atoms with Gasteiger partial charge in [0.15, 0.2) is 0 Å². The molecule has 2 aromatic heterocycles. The molecular weight excluding hydrogens is 308 g/mol. The third-order valence-corrected chi connectivity index (χ3v) is 5.46. The third-order valence-electron chi connectivity index (χ3n) is 4.24. The lowest BCUT2D eigenvalue weighted by molar-refractivity contribution is 0.0789. The van der Waals surface area contributed by atoms with Gasteiger partial charge in [0.25, 0.3) is 5.91 Å². The van der Waals surface area contributed by atoms with Crippen molar-refractivity contribution < 1.29 is 4.79 Å². The number of aromatic nitrogens is 2. The number of amides is 1. The number of carbonyl (C=O) groups is 1. The number of nitrogens with zero attached hydrogens (tertiary/aromatic N) is 3. The van der Waals surface area contributed by atoms with Crippen LogP contribution in [0.25, 0.3) is 0 Å². The van der Waals surface area contributed by atoms with Gasteiger partial charge in [-0.25, -0.2) is 9.97 Å². The fraction of sp³-hybridized carbons (Fsp3) is 0.471.